The van der Waals surface area contributed by atoms with Crippen molar-refractivity contribution in [2.45, 2.75) is 19.8 Å². The third-order valence-electron chi connectivity index (χ3n) is 0.354. The lowest BCUT2D eigenvalue weighted by atomic mass is 10.4. The van der Waals surface area contributed by atoms with E-state index in [0.29, 0.717) is 0 Å². The van der Waals surface area contributed by atoms with Crippen molar-refractivity contribution in [2.75, 3.05) is 0 Å². The molecule has 5 heavy (non-hydrogen) atoms. The Balaban J connectivity index is 0. The number of rotatable bonds is 1. The first-order valence-electron chi connectivity index (χ1n) is 1.71. The van der Waals surface area contributed by atoms with Gasteiger partial charge in [0, 0.05) is 0 Å². The third-order valence-corrected chi connectivity index (χ3v) is 0.354. The topological polar surface area (TPSA) is 0 Å². The molecular weight excluding hydrogens is 80.1 g/mol. The molecular formula is C4H11S. The third kappa shape index (κ3) is 13.2. The van der Waals surface area contributed by atoms with Crippen LogP contribution in [-0.2, 0) is 0 Å². The summed E-state index contributed by atoms with van der Waals surface area (Å²) in [5, 5.41) is 0. The second-order valence-electron chi connectivity index (χ2n) is 0.854. The minimum atomic E-state index is 0. The number of hydrogen-bond donors (Lipinski definition) is 0. The quantitative estimate of drug-likeness (QED) is 0.461. The van der Waals surface area contributed by atoms with Crippen LogP contribution in [0, 0.1) is 6.92 Å². The van der Waals surface area contributed by atoms with Gasteiger partial charge in [0.1, 0.15) is 0 Å². The van der Waals surface area contributed by atoms with E-state index in [1.54, 1.807) is 0 Å². The maximum absolute atomic E-state index is 3.60. The lowest BCUT2D eigenvalue weighted by Crippen LogP contribution is -1.48. The Bertz CT molecular complexity index is 5.61. The van der Waals surface area contributed by atoms with Gasteiger partial charge in [-0.3, -0.25) is 0 Å². The summed E-state index contributed by atoms with van der Waals surface area (Å²) in [6.45, 7) is 5.72. The van der Waals surface area contributed by atoms with E-state index in [-0.39, 0.29) is 13.5 Å². The normalized spacial score (nSPS) is 6.00. The largest absolute Gasteiger partial charge is 0.197 e. The molecule has 1 radical (unpaired) electrons. The van der Waals surface area contributed by atoms with Crippen molar-refractivity contribution in [2.24, 2.45) is 0 Å². The first-order chi connectivity index (χ1) is 1.91. The average Bonchev–Trinajstić information content (AvgIpc) is 1.37. The highest BCUT2D eigenvalue weighted by atomic mass is 32.1. The number of unbranched alkanes of at least 4 members (excludes halogenated alkanes) is 1. The van der Waals surface area contributed by atoms with Gasteiger partial charge in [-0.25, -0.2) is 0 Å². The van der Waals surface area contributed by atoms with Crippen LogP contribution in [0.5, 0.6) is 0 Å². The fourth-order valence-electron chi connectivity index (χ4n) is 0. The lowest BCUT2D eigenvalue weighted by Gasteiger charge is -1.67. The highest BCUT2D eigenvalue weighted by molar-refractivity contribution is 7.59. The first kappa shape index (κ1) is 9.02. The average molecular weight is 91.2 g/mol. The Morgan fingerprint density at radius 2 is 1.80 bits per heavy atom. The highest BCUT2D eigenvalue weighted by Gasteiger charge is 1.56. The molecule has 0 aromatic heterocycles. The summed E-state index contributed by atoms with van der Waals surface area (Å²) < 4.78 is 0. The van der Waals surface area contributed by atoms with Gasteiger partial charge in [-0.2, -0.15) is 13.5 Å². The summed E-state index contributed by atoms with van der Waals surface area (Å²) >= 11 is 0. The summed E-state index contributed by atoms with van der Waals surface area (Å²) in [5.41, 5.74) is 0. The van der Waals surface area contributed by atoms with E-state index in [9.17, 15) is 0 Å². The van der Waals surface area contributed by atoms with Gasteiger partial charge in [-0.15, -0.1) is 0 Å². The molecule has 0 nitrogen and oxygen atoms in total. The summed E-state index contributed by atoms with van der Waals surface area (Å²) in [5.74, 6) is 0. The molecule has 0 fully saturated rings. The molecule has 0 aromatic rings. The van der Waals surface area contributed by atoms with Crippen LogP contribution in [0.15, 0.2) is 0 Å². The molecule has 0 saturated heterocycles. The smallest absolute Gasteiger partial charge is 0.0533 e. The maximum Gasteiger partial charge on any atom is -0.0533 e. The van der Waals surface area contributed by atoms with E-state index in [4.69, 9.17) is 0 Å². The summed E-state index contributed by atoms with van der Waals surface area (Å²) in [6.07, 6.45) is 2.28. The monoisotopic (exact) mass is 91.1 g/mol. The lowest BCUT2D eigenvalue weighted by molar-refractivity contribution is 0.956. The van der Waals surface area contributed by atoms with E-state index >= 15 is 0 Å². The van der Waals surface area contributed by atoms with Crippen LogP contribution in [0.1, 0.15) is 19.8 Å². The second kappa shape index (κ2) is 8.84. The van der Waals surface area contributed by atoms with Crippen LogP contribution >= 0.6 is 13.5 Å². The van der Waals surface area contributed by atoms with Gasteiger partial charge in [0.2, 0.25) is 0 Å². The van der Waals surface area contributed by atoms with Gasteiger partial charge in [0.25, 0.3) is 0 Å². The van der Waals surface area contributed by atoms with Crippen molar-refractivity contribution >= 4 is 13.5 Å². The van der Waals surface area contributed by atoms with Crippen molar-refractivity contribution in [3.05, 3.63) is 6.92 Å². The van der Waals surface area contributed by atoms with Crippen molar-refractivity contribution in [3.8, 4) is 0 Å². The molecule has 0 N–H and O–H groups in total. The van der Waals surface area contributed by atoms with Gasteiger partial charge >= 0.3 is 0 Å². The van der Waals surface area contributed by atoms with E-state index in [0.717, 1.165) is 6.42 Å². The van der Waals surface area contributed by atoms with Crippen molar-refractivity contribution in [1.29, 1.82) is 0 Å². The number of hydrogen-bond acceptors (Lipinski definition) is 0. The molecule has 0 rings (SSSR count). The Morgan fingerprint density at radius 1 is 1.60 bits per heavy atom. The van der Waals surface area contributed by atoms with Crippen LogP contribution in [0.4, 0.5) is 0 Å². The minimum absolute atomic E-state index is 0. The molecule has 0 aliphatic carbocycles. The highest BCUT2D eigenvalue weighted by Crippen LogP contribution is 1.75. The standard InChI is InChI=1S/C4H9.H2S/c1-3-4-2;/h1,3-4H2,2H3;1H2. The molecule has 1 heteroatoms. The Hall–Kier alpha value is 0.350. The fraction of sp³-hybridized carbons (Fsp3) is 0.750. The van der Waals surface area contributed by atoms with Gasteiger partial charge in [-0.1, -0.05) is 26.7 Å². The first-order valence-corrected chi connectivity index (χ1v) is 1.71. The van der Waals surface area contributed by atoms with Gasteiger partial charge < -0.3 is 0 Å². The van der Waals surface area contributed by atoms with E-state index in [1.807, 2.05) is 0 Å². The molecule has 0 aliphatic heterocycles. The molecule has 33 valence electrons. The fourth-order valence-corrected chi connectivity index (χ4v) is 0. The van der Waals surface area contributed by atoms with Crippen LogP contribution < -0.4 is 0 Å². The van der Waals surface area contributed by atoms with Crippen LogP contribution in [0.25, 0.3) is 0 Å². The van der Waals surface area contributed by atoms with Crippen molar-refractivity contribution in [1.82, 2.24) is 0 Å². The van der Waals surface area contributed by atoms with Crippen LogP contribution in [0.2, 0.25) is 0 Å². The Morgan fingerprint density at radius 3 is 1.80 bits per heavy atom. The molecule has 0 aliphatic rings. The van der Waals surface area contributed by atoms with Gasteiger partial charge in [-0.05, 0) is 0 Å². The van der Waals surface area contributed by atoms with Gasteiger partial charge in [0.15, 0.2) is 0 Å². The molecule has 0 unspecified atom stereocenters. The summed E-state index contributed by atoms with van der Waals surface area (Å²) in [6, 6.07) is 0. The minimum Gasteiger partial charge on any atom is -0.197 e. The molecule has 0 heterocycles. The Kier molecular flexibility index (Phi) is 15.9. The molecule has 0 saturated carbocycles. The molecule has 0 aromatic carbocycles. The molecule has 0 atom stereocenters. The zero-order chi connectivity index (χ0) is 3.41. The maximum atomic E-state index is 3.60. The van der Waals surface area contributed by atoms with E-state index < -0.39 is 0 Å². The zero-order valence-electron chi connectivity index (χ0n) is 3.62. The predicted octanol–water partition coefficient (Wildman–Crippen LogP) is 1.73. The molecule has 0 spiro atoms. The van der Waals surface area contributed by atoms with E-state index in [2.05, 4.69) is 13.8 Å². The van der Waals surface area contributed by atoms with Crippen LogP contribution in [0.3, 0.4) is 0 Å². The van der Waals surface area contributed by atoms with E-state index in [1.165, 1.54) is 6.42 Å². The van der Waals surface area contributed by atoms with Crippen molar-refractivity contribution < 1.29 is 0 Å². The van der Waals surface area contributed by atoms with Crippen LogP contribution in [-0.4, -0.2) is 0 Å². The SMILES string of the molecule is S.[CH2]CCC. The molecule has 0 amide bonds. The van der Waals surface area contributed by atoms with Gasteiger partial charge in [0.05, 0.1) is 0 Å². The summed E-state index contributed by atoms with van der Waals surface area (Å²) in [7, 11) is 0. The zero-order valence-corrected chi connectivity index (χ0v) is 4.62. The second-order valence-corrected chi connectivity index (χ2v) is 0.854. The summed E-state index contributed by atoms with van der Waals surface area (Å²) in [4.78, 5) is 0. The van der Waals surface area contributed by atoms with Crippen molar-refractivity contribution in [3.63, 3.8) is 0 Å². The predicted molar refractivity (Wildman–Crippen MR) is 30.6 cm³/mol. The molecule has 0 bridgehead atoms. The Labute approximate surface area is 41.0 Å².